The monoisotopic (exact) mass is 207 g/mol. The topological polar surface area (TPSA) is 58.9 Å². The van der Waals surface area contributed by atoms with Crippen LogP contribution in [0.3, 0.4) is 0 Å². The summed E-state index contributed by atoms with van der Waals surface area (Å²) in [5.41, 5.74) is 0.582. The number of ketones is 1. The molecule has 4 nitrogen and oxygen atoms in total. The van der Waals surface area contributed by atoms with E-state index in [0.29, 0.717) is 12.2 Å². The van der Waals surface area contributed by atoms with Crippen LogP contribution in [-0.4, -0.2) is 23.5 Å². The molecule has 0 saturated heterocycles. The Balaban J connectivity index is 2.63. The first-order chi connectivity index (χ1) is 7.27. The van der Waals surface area contributed by atoms with Crippen molar-refractivity contribution in [2.24, 2.45) is 5.16 Å². The molecule has 1 N–H and O–H groups in total. The molecule has 0 spiro atoms. The fourth-order valence-corrected chi connectivity index (χ4v) is 1.15. The van der Waals surface area contributed by atoms with E-state index in [1.54, 1.807) is 31.2 Å². The van der Waals surface area contributed by atoms with Crippen molar-refractivity contribution < 1.29 is 14.7 Å². The number of carbonyl (C=O) groups excluding carboxylic acids is 1. The largest absolute Gasteiger partial charge is 0.479 e. The Morgan fingerprint density at radius 3 is 2.60 bits per heavy atom. The summed E-state index contributed by atoms with van der Waals surface area (Å²) in [4.78, 5) is 11.6. The molecule has 0 heterocycles. The van der Waals surface area contributed by atoms with Crippen LogP contribution < -0.4 is 0 Å². The number of hydrogen-bond acceptors (Lipinski definition) is 4. The Hall–Kier alpha value is -1.84. The molecule has 0 aliphatic carbocycles. The Morgan fingerprint density at radius 2 is 2.07 bits per heavy atom. The lowest BCUT2D eigenvalue weighted by molar-refractivity contribution is 0.0990. The Kier molecular flexibility index (Phi) is 4.34. The minimum Gasteiger partial charge on any atom is -0.479 e. The molecule has 0 radical (unpaired) electrons. The third-order valence-electron chi connectivity index (χ3n) is 1.83. The summed E-state index contributed by atoms with van der Waals surface area (Å²) in [5.74, 6) is -0.0804. The quantitative estimate of drug-likeness (QED) is 0.270. The van der Waals surface area contributed by atoms with E-state index in [9.17, 15) is 4.79 Å². The smallest absolute Gasteiger partial charge is 0.233 e. The third kappa shape index (κ3) is 3.42. The summed E-state index contributed by atoms with van der Waals surface area (Å²) in [6.45, 7) is 2.14. The van der Waals surface area contributed by atoms with Crippen molar-refractivity contribution in [1.29, 1.82) is 0 Å². The second-order valence-corrected chi connectivity index (χ2v) is 2.89. The highest BCUT2D eigenvalue weighted by Gasteiger charge is 2.10. The average molecular weight is 207 g/mol. The van der Waals surface area contributed by atoms with Gasteiger partial charge in [-0.05, 0) is 6.92 Å². The normalized spacial score (nSPS) is 11.1. The predicted octanol–water partition coefficient (Wildman–Crippen LogP) is 2.08. The molecule has 0 atom stereocenters. The van der Waals surface area contributed by atoms with Crippen LogP contribution in [0.5, 0.6) is 0 Å². The van der Waals surface area contributed by atoms with Gasteiger partial charge in [0.1, 0.15) is 0 Å². The van der Waals surface area contributed by atoms with Gasteiger partial charge in [-0.3, -0.25) is 4.79 Å². The molecular formula is C11H13NO3. The van der Waals surface area contributed by atoms with Crippen LogP contribution in [0.4, 0.5) is 0 Å². The molecule has 15 heavy (non-hydrogen) atoms. The Morgan fingerprint density at radius 1 is 1.40 bits per heavy atom. The zero-order valence-corrected chi connectivity index (χ0v) is 8.51. The van der Waals surface area contributed by atoms with Gasteiger partial charge in [-0.1, -0.05) is 35.5 Å². The Labute approximate surface area is 88.2 Å². The number of hydrogen-bond donors (Lipinski definition) is 1. The number of oxime groups is 1. The highest BCUT2D eigenvalue weighted by Crippen LogP contribution is 2.04. The van der Waals surface area contributed by atoms with Crippen molar-refractivity contribution in [3.8, 4) is 0 Å². The molecule has 0 fully saturated rings. The maximum atomic E-state index is 11.6. The Bertz CT molecular complexity index is 346. The summed E-state index contributed by atoms with van der Waals surface area (Å²) in [6.07, 6.45) is -0.0195. The second-order valence-electron chi connectivity index (χ2n) is 2.89. The lowest BCUT2D eigenvalue weighted by Crippen LogP contribution is -2.11. The molecule has 0 amide bonds. The first-order valence-electron chi connectivity index (χ1n) is 4.70. The van der Waals surface area contributed by atoms with Gasteiger partial charge in [0.15, 0.2) is 5.78 Å². The molecule has 0 aliphatic heterocycles. The van der Waals surface area contributed by atoms with Gasteiger partial charge in [0, 0.05) is 5.56 Å². The molecular weight excluding hydrogens is 194 g/mol. The molecule has 1 aromatic carbocycles. The second kappa shape index (κ2) is 5.80. The first-order valence-corrected chi connectivity index (χ1v) is 4.70. The predicted molar refractivity (Wildman–Crippen MR) is 56.2 cm³/mol. The van der Waals surface area contributed by atoms with Crippen LogP contribution in [0.15, 0.2) is 35.5 Å². The molecule has 4 heteroatoms. The lowest BCUT2D eigenvalue weighted by Gasteiger charge is -2.04. The number of carbonyl (C=O) groups is 1. The average Bonchev–Trinajstić information content (AvgIpc) is 2.29. The van der Waals surface area contributed by atoms with E-state index in [1.807, 2.05) is 6.07 Å². The molecule has 0 unspecified atom stereocenters. The van der Waals surface area contributed by atoms with Crippen molar-refractivity contribution in [3.63, 3.8) is 0 Å². The van der Waals surface area contributed by atoms with Crippen LogP contribution in [-0.2, 0) is 4.74 Å². The fourth-order valence-electron chi connectivity index (χ4n) is 1.15. The van der Waals surface area contributed by atoms with Gasteiger partial charge in [0.05, 0.1) is 13.0 Å². The van der Waals surface area contributed by atoms with E-state index in [2.05, 4.69) is 5.16 Å². The van der Waals surface area contributed by atoms with Gasteiger partial charge < -0.3 is 9.94 Å². The molecule has 80 valence electrons. The maximum absolute atomic E-state index is 11.6. The van der Waals surface area contributed by atoms with Crippen molar-refractivity contribution in [2.75, 3.05) is 6.61 Å². The van der Waals surface area contributed by atoms with Crippen molar-refractivity contribution in [3.05, 3.63) is 35.9 Å². The van der Waals surface area contributed by atoms with Gasteiger partial charge in [0.25, 0.3) is 0 Å². The summed E-state index contributed by atoms with van der Waals surface area (Å²) < 4.78 is 4.96. The van der Waals surface area contributed by atoms with E-state index in [0.717, 1.165) is 0 Å². The lowest BCUT2D eigenvalue weighted by atomic mass is 10.1. The molecule has 0 aliphatic rings. The van der Waals surface area contributed by atoms with Gasteiger partial charge in [-0.15, -0.1) is 0 Å². The van der Waals surface area contributed by atoms with E-state index >= 15 is 0 Å². The minimum atomic E-state index is -0.128. The van der Waals surface area contributed by atoms with Gasteiger partial charge >= 0.3 is 0 Å². The molecule has 1 rings (SSSR count). The van der Waals surface area contributed by atoms with Gasteiger partial charge in [-0.2, -0.15) is 0 Å². The summed E-state index contributed by atoms with van der Waals surface area (Å²) in [5, 5.41) is 11.5. The maximum Gasteiger partial charge on any atom is 0.233 e. The van der Waals surface area contributed by atoms with Crippen molar-refractivity contribution >= 4 is 11.7 Å². The number of ether oxygens (including phenoxy) is 1. The van der Waals surface area contributed by atoms with Gasteiger partial charge in [-0.25, -0.2) is 0 Å². The van der Waals surface area contributed by atoms with Crippen molar-refractivity contribution in [1.82, 2.24) is 0 Å². The zero-order chi connectivity index (χ0) is 11.1. The molecule has 0 bridgehead atoms. The number of benzene rings is 1. The van der Waals surface area contributed by atoms with E-state index in [4.69, 9.17) is 9.94 Å². The fraction of sp³-hybridized carbons (Fsp3) is 0.273. The molecule has 1 aromatic rings. The summed E-state index contributed by atoms with van der Waals surface area (Å²) >= 11 is 0. The van der Waals surface area contributed by atoms with E-state index in [1.165, 1.54) is 0 Å². The standard InChI is InChI=1S/C11H13NO3/c1-2-15-11(12-14)8-10(13)9-6-4-3-5-7-9/h3-7,14H,2,8H2,1H3. The summed E-state index contributed by atoms with van der Waals surface area (Å²) in [7, 11) is 0. The number of Topliss-reactive ketones (excluding diaryl/α,β-unsaturated/α-hetero) is 1. The first kappa shape index (κ1) is 11.2. The minimum absolute atomic E-state index is 0.0195. The highest BCUT2D eigenvalue weighted by molar-refractivity contribution is 6.07. The number of rotatable bonds is 4. The highest BCUT2D eigenvalue weighted by atomic mass is 16.5. The van der Waals surface area contributed by atoms with E-state index < -0.39 is 0 Å². The van der Waals surface area contributed by atoms with Crippen LogP contribution in [0.2, 0.25) is 0 Å². The van der Waals surface area contributed by atoms with Crippen molar-refractivity contribution in [2.45, 2.75) is 13.3 Å². The van der Waals surface area contributed by atoms with Crippen LogP contribution >= 0.6 is 0 Å². The van der Waals surface area contributed by atoms with Gasteiger partial charge in [0.2, 0.25) is 5.90 Å². The molecule has 0 saturated carbocycles. The van der Waals surface area contributed by atoms with Crippen LogP contribution in [0, 0.1) is 0 Å². The van der Waals surface area contributed by atoms with Crippen LogP contribution in [0.1, 0.15) is 23.7 Å². The summed E-state index contributed by atoms with van der Waals surface area (Å²) in [6, 6.07) is 8.82. The third-order valence-corrected chi connectivity index (χ3v) is 1.83. The zero-order valence-electron chi connectivity index (χ0n) is 8.51. The van der Waals surface area contributed by atoms with Crippen LogP contribution in [0.25, 0.3) is 0 Å². The molecule has 0 aromatic heterocycles. The number of nitrogens with zero attached hydrogens (tertiary/aromatic N) is 1. The SMILES string of the molecule is CCOC(CC(=O)c1ccccc1)=NO. The van der Waals surface area contributed by atoms with E-state index in [-0.39, 0.29) is 18.1 Å².